The minimum Gasteiger partial charge on any atom is -0.444 e. The number of unbranched alkanes of at least 4 members (excludes halogenated alkanes) is 1. The van der Waals surface area contributed by atoms with Crippen molar-refractivity contribution in [3.63, 3.8) is 0 Å². The van der Waals surface area contributed by atoms with E-state index in [4.69, 9.17) is 9.47 Å². The van der Waals surface area contributed by atoms with E-state index in [0.29, 0.717) is 0 Å². The Morgan fingerprint density at radius 3 is 2.50 bits per heavy atom. The summed E-state index contributed by atoms with van der Waals surface area (Å²) in [6, 6.07) is 0.209. The maximum absolute atomic E-state index is 12.1. The van der Waals surface area contributed by atoms with Crippen molar-refractivity contribution in [1.29, 1.82) is 0 Å². The van der Waals surface area contributed by atoms with E-state index in [1.54, 1.807) is 7.11 Å². The first-order valence-corrected chi connectivity index (χ1v) is 7.54. The van der Waals surface area contributed by atoms with E-state index in [-0.39, 0.29) is 12.1 Å². The SMILES string of the molecule is COCCCCN1CCN(C(=O)OC(C)(C)C)[C@@H](C)C1. The Morgan fingerprint density at radius 1 is 1.25 bits per heavy atom. The fourth-order valence-corrected chi connectivity index (χ4v) is 2.41. The van der Waals surface area contributed by atoms with Crippen LogP contribution in [0.5, 0.6) is 0 Å². The molecule has 0 N–H and O–H groups in total. The lowest BCUT2D eigenvalue weighted by atomic mass is 10.1. The van der Waals surface area contributed by atoms with Crippen LogP contribution in [-0.4, -0.2) is 67.4 Å². The van der Waals surface area contributed by atoms with Gasteiger partial charge in [0, 0.05) is 39.4 Å². The fourth-order valence-electron chi connectivity index (χ4n) is 2.41. The third-order valence-corrected chi connectivity index (χ3v) is 3.41. The summed E-state index contributed by atoms with van der Waals surface area (Å²) in [5.74, 6) is 0. The number of piperazine rings is 1. The highest BCUT2D eigenvalue weighted by molar-refractivity contribution is 5.68. The molecule has 0 aromatic rings. The zero-order chi connectivity index (χ0) is 15.2. The van der Waals surface area contributed by atoms with Crippen LogP contribution < -0.4 is 0 Å². The Balaban J connectivity index is 2.34. The zero-order valence-electron chi connectivity index (χ0n) is 13.6. The largest absolute Gasteiger partial charge is 0.444 e. The maximum Gasteiger partial charge on any atom is 0.410 e. The molecule has 1 saturated heterocycles. The summed E-state index contributed by atoms with van der Waals surface area (Å²) in [6.45, 7) is 12.3. The number of carbonyl (C=O) groups excluding carboxylic acids is 1. The number of carbonyl (C=O) groups is 1. The standard InChI is InChI=1S/C15H30N2O3/c1-13-12-16(8-6-7-11-19-5)9-10-17(13)14(18)20-15(2,3)4/h13H,6-12H2,1-5H3/t13-/m0/s1. The molecule has 20 heavy (non-hydrogen) atoms. The lowest BCUT2D eigenvalue weighted by Crippen LogP contribution is -2.55. The lowest BCUT2D eigenvalue weighted by Gasteiger charge is -2.40. The van der Waals surface area contributed by atoms with Gasteiger partial charge in [0.05, 0.1) is 0 Å². The average Bonchev–Trinajstić information content (AvgIpc) is 2.32. The van der Waals surface area contributed by atoms with E-state index < -0.39 is 5.60 Å². The smallest absolute Gasteiger partial charge is 0.410 e. The van der Waals surface area contributed by atoms with Crippen molar-refractivity contribution in [3.05, 3.63) is 0 Å². The lowest BCUT2D eigenvalue weighted by molar-refractivity contribution is 0.00121. The van der Waals surface area contributed by atoms with Gasteiger partial charge in [0.25, 0.3) is 0 Å². The van der Waals surface area contributed by atoms with Crippen LogP contribution >= 0.6 is 0 Å². The van der Waals surface area contributed by atoms with Gasteiger partial charge in [-0.05, 0) is 47.1 Å². The maximum atomic E-state index is 12.1. The number of amides is 1. The quantitative estimate of drug-likeness (QED) is 0.728. The van der Waals surface area contributed by atoms with E-state index in [2.05, 4.69) is 11.8 Å². The summed E-state index contributed by atoms with van der Waals surface area (Å²) in [6.07, 6.45) is 2.05. The molecule has 1 amide bonds. The summed E-state index contributed by atoms with van der Waals surface area (Å²) in [5.41, 5.74) is -0.423. The van der Waals surface area contributed by atoms with Crippen LogP contribution in [0.25, 0.3) is 0 Å². The van der Waals surface area contributed by atoms with Gasteiger partial charge in [0.1, 0.15) is 5.60 Å². The molecule has 0 aliphatic carbocycles. The van der Waals surface area contributed by atoms with Gasteiger partial charge < -0.3 is 14.4 Å². The number of nitrogens with zero attached hydrogens (tertiary/aromatic N) is 2. The number of ether oxygens (including phenoxy) is 2. The van der Waals surface area contributed by atoms with Crippen LogP contribution in [0, 0.1) is 0 Å². The van der Waals surface area contributed by atoms with E-state index in [1.807, 2.05) is 25.7 Å². The van der Waals surface area contributed by atoms with E-state index in [9.17, 15) is 4.79 Å². The predicted molar refractivity (Wildman–Crippen MR) is 80.0 cm³/mol. The summed E-state index contributed by atoms with van der Waals surface area (Å²) in [7, 11) is 1.74. The van der Waals surface area contributed by atoms with Gasteiger partial charge in [-0.3, -0.25) is 4.90 Å². The zero-order valence-corrected chi connectivity index (χ0v) is 13.6. The molecule has 1 aliphatic rings. The summed E-state index contributed by atoms with van der Waals surface area (Å²) >= 11 is 0. The second kappa shape index (κ2) is 7.84. The Hall–Kier alpha value is -0.810. The van der Waals surface area contributed by atoms with Gasteiger partial charge in [0.2, 0.25) is 0 Å². The Labute approximate surface area is 123 Å². The van der Waals surface area contributed by atoms with Gasteiger partial charge >= 0.3 is 6.09 Å². The molecule has 0 unspecified atom stereocenters. The second-order valence-electron chi connectivity index (χ2n) is 6.52. The first-order valence-electron chi connectivity index (χ1n) is 7.54. The molecule has 0 radical (unpaired) electrons. The predicted octanol–water partition coefficient (Wildman–Crippen LogP) is 2.35. The molecule has 1 fully saturated rings. The summed E-state index contributed by atoms with van der Waals surface area (Å²) in [4.78, 5) is 16.4. The van der Waals surface area contributed by atoms with Gasteiger partial charge in [-0.15, -0.1) is 0 Å². The van der Waals surface area contributed by atoms with Crippen molar-refractivity contribution in [2.24, 2.45) is 0 Å². The van der Waals surface area contributed by atoms with Crippen LogP contribution in [0.1, 0.15) is 40.5 Å². The first kappa shape index (κ1) is 17.2. The Bertz CT molecular complexity index is 302. The van der Waals surface area contributed by atoms with Crippen molar-refractivity contribution in [1.82, 2.24) is 9.80 Å². The van der Waals surface area contributed by atoms with E-state index in [1.165, 1.54) is 0 Å². The average molecular weight is 286 g/mol. The van der Waals surface area contributed by atoms with Crippen LogP contribution in [0.3, 0.4) is 0 Å². The van der Waals surface area contributed by atoms with Gasteiger partial charge in [0.15, 0.2) is 0 Å². The third kappa shape index (κ3) is 6.09. The summed E-state index contributed by atoms with van der Waals surface area (Å²) < 4.78 is 10.5. The van der Waals surface area contributed by atoms with Crippen molar-refractivity contribution < 1.29 is 14.3 Å². The fraction of sp³-hybridized carbons (Fsp3) is 0.933. The minimum atomic E-state index is -0.423. The van der Waals surface area contributed by atoms with Crippen LogP contribution in [0.2, 0.25) is 0 Å². The third-order valence-electron chi connectivity index (χ3n) is 3.41. The minimum absolute atomic E-state index is 0.191. The Morgan fingerprint density at radius 2 is 1.95 bits per heavy atom. The van der Waals surface area contributed by atoms with Gasteiger partial charge in [-0.1, -0.05) is 0 Å². The molecule has 0 saturated carbocycles. The first-order chi connectivity index (χ1) is 9.33. The molecule has 5 heteroatoms. The van der Waals surface area contributed by atoms with E-state index in [0.717, 1.165) is 45.6 Å². The molecule has 1 rings (SSSR count). The topological polar surface area (TPSA) is 42.0 Å². The van der Waals surface area contributed by atoms with E-state index >= 15 is 0 Å². The molecule has 0 aromatic heterocycles. The van der Waals surface area contributed by atoms with Crippen molar-refractivity contribution in [2.75, 3.05) is 39.9 Å². The highest BCUT2D eigenvalue weighted by Crippen LogP contribution is 2.15. The molecule has 0 aromatic carbocycles. The molecule has 1 aliphatic heterocycles. The molecule has 1 atom stereocenters. The van der Waals surface area contributed by atoms with Crippen LogP contribution in [0.15, 0.2) is 0 Å². The molecule has 0 spiro atoms. The highest BCUT2D eigenvalue weighted by atomic mass is 16.6. The normalized spacial score (nSPS) is 21.1. The number of rotatable bonds is 5. The van der Waals surface area contributed by atoms with Crippen molar-refractivity contribution in [3.8, 4) is 0 Å². The molecule has 5 nitrogen and oxygen atoms in total. The van der Waals surface area contributed by atoms with Gasteiger partial charge in [-0.2, -0.15) is 0 Å². The molecule has 1 heterocycles. The monoisotopic (exact) mass is 286 g/mol. The van der Waals surface area contributed by atoms with Crippen molar-refractivity contribution >= 4 is 6.09 Å². The molecular weight excluding hydrogens is 256 g/mol. The number of hydrogen-bond acceptors (Lipinski definition) is 4. The highest BCUT2D eigenvalue weighted by Gasteiger charge is 2.30. The molecular formula is C15H30N2O3. The van der Waals surface area contributed by atoms with Crippen LogP contribution in [-0.2, 0) is 9.47 Å². The second-order valence-corrected chi connectivity index (χ2v) is 6.52. The number of methoxy groups -OCH3 is 1. The van der Waals surface area contributed by atoms with Gasteiger partial charge in [-0.25, -0.2) is 4.79 Å². The van der Waals surface area contributed by atoms with Crippen molar-refractivity contribution in [2.45, 2.75) is 52.2 Å². The molecule has 0 bridgehead atoms. The van der Waals surface area contributed by atoms with Crippen LogP contribution in [0.4, 0.5) is 4.79 Å². The Kier molecular flexibility index (Phi) is 6.76. The summed E-state index contributed by atoms with van der Waals surface area (Å²) in [5, 5.41) is 0. The number of hydrogen-bond donors (Lipinski definition) is 0. The molecule has 118 valence electrons.